The van der Waals surface area contributed by atoms with Gasteiger partial charge in [0.15, 0.2) is 0 Å². The lowest BCUT2D eigenvalue weighted by Gasteiger charge is -2.18. The first-order valence-corrected chi connectivity index (χ1v) is 13.5. The van der Waals surface area contributed by atoms with Crippen LogP contribution >= 0.6 is 0 Å². The molecule has 33 heavy (non-hydrogen) atoms. The number of benzene rings is 2. The molecular formula is C22H23N5O4S2. The van der Waals surface area contributed by atoms with E-state index in [1.807, 2.05) is 6.92 Å². The highest BCUT2D eigenvalue weighted by molar-refractivity contribution is 7.92. The number of hydrogen-bond donors (Lipinski definition) is 3. The molecule has 2 aliphatic rings. The first-order chi connectivity index (χ1) is 15.7. The van der Waals surface area contributed by atoms with Crippen LogP contribution in [0.2, 0.25) is 0 Å². The van der Waals surface area contributed by atoms with Crippen molar-refractivity contribution in [2.24, 2.45) is 11.8 Å². The van der Waals surface area contributed by atoms with E-state index in [9.17, 15) is 22.1 Å². The van der Waals surface area contributed by atoms with Crippen molar-refractivity contribution in [3.63, 3.8) is 0 Å². The fourth-order valence-corrected chi connectivity index (χ4v) is 7.37. The summed E-state index contributed by atoms with van der Waals surface area (Å²) in [6, 6.07) is 10.7. The standard InChI is InChI=1S/C22H23N5O4S2/c1-14-2-7-20(22-21(14)15(8-23)11-25-22)26-32(28,29)18-3-5-19(6-4-18)33(30,31)27-12-16-9-24-10-17(16)13-27/h2-7,11,16-17,24-26H,9-10,12-13H2,1H3. The molecule has 2 saturated heterocycles. The van der Waals surface area contributed by atoms with Crippen LogP contribution in [-0.4, -0.2) is 52.3 Å². The monoisotopic (exact) mass is 485 g/mol. The van der Waals surface area contributed by atoms with E-state index in [1.54, 1.807) is 12.1 Å². The number of aromatic amines is 1. The van der Waals surface area contributed by atoms with Gasteiger partial charge in [0.05, 0.1) is 26.6 Å². The summed E-state index contributed by atoms with van der Waals surface area (Å²) in [5.41, 5.74) is 2.11. The van der Waals surface area contributed by atoms with Crippen molar-refractivity contribution in [1.82, 2.24) is 14.6 Å². The number of rotatable bonds is 5. The Hall–Kier alpha value is -2.91. The Bertz CT molecular complexity index is 1480. The van der Waals surface area contributed by atoms with Crippen molar-refractivity contribution in [3.05, 3.63) is 53.7 Å². The highest BCUT2D eigenvalue weighted by Crippen LogP contribution is 2.32. The third kappa shape index (κ3) is 3.69. The molecule has 3 heterocycles. The van der Waals surface area contributed by atoms with Gasteiger partial charge in [-0.2, -0.15) is 9.57 Å². The zero-order valence-corrected chi connectivity index (χ0v) is 19.5. The van der Waals surface area contributed by atoms with Crippen molar-refractivity contribution < 1.29 is 16.8 Å². The number of nitrogens with zero attached hydrogens (tertiary/aromatic N) is 2. The van der Waals surface area contributed by atoms with E-state index in [-0.39, 0.29) is 9.79 Å². The molecule has 0 aliphatic carbocycles. The first-order valence-electron chi connectivity index (χ1n) is 10.6. The molecule has 11 heteroatoms. The van der Waals surface area contributed by atoms with E-state index in [0.717, 1.165) is 18.7 Å². The molecule has 172 valence electrons. The summed E-state index contributed by atoms with van der Waals surface area (Å²) >= 11 is 0. The lowest BCUT2D eigenvalue weighted by molar-refractivity contribution is 0.448. The van der Waals surface area contributed by atoms with Crippen molar-refractivity contribution >= 4 is 36.6 Å². The number of anilines is 1. The van der Waals surface area contributed by atoms with Crippen molar-refractivity contribution in [3.8, 4) is 6.07 Å². The molecule has 9 nitrogen and oxygen atoms in total. The Kier molecular flexibility index (Phi) is 5.21. The second kappa shape index (κ2) is 7.85. The third-order valence-corrected chi connectivity index (χ3v) is 9.76. The normalized spacial score (nSPS) is 21.2. The van der Waals surface area contributed by atoms with Crippen LogP contribution in [0.25, 0.3) is 10.9 Å². The Labute approximate surface area is 192 Å². The van der Waals surface area contributed by atoms with E-state index in [0.29, 0.717) is 47.1 Å². The Morgan fingerprint density at radius 3 is 2.27 bits per heavy atom. The Morgan fingerprint density at radius 1 is 1.00 bits per heavy atom. The number of aromatic nitrogens is 1. The number of hydrogen-bond acceptors (Lipinski definition) is 6. The average molecular weight is 486 g/mol. The maximum Gasteiger partial charge on any atom is 0.261 e. The van der Waals surface area contributed by atoms with Gasteiger partial charge in [0.2, 0.25) is 10.0 Å². The average Bonchev–Trinajstić information content (AvgIpc) is 3.50. The third-order valence-electron chi connectivity index (χ3n) is 6.54. The molecule has 0 spiro atoms. The van der Waals surface area contributed by atoms with E-state index >= 15 is 0 Å². The van der Waals surface area contributed by atoms with Gasteiger partial charge >= 0.3 is 0 Å². The van der Waals surface area contributed by atoms with E-state index in [4.69, 9.17) is 0 Å². The summed E-state index contributed by atoms with van der Waals surface area (Å²) < 4.78 is 56.1. The van der Waals surface area contributed by atoms with E-state index in [2.05, 4.69) is 21.1 Å². The van der Waals surface area contributed by atoms with Crippen LogP contribution in [0.15, 0.2) is 52.4 Å². The lowest BCUT2D eigenvalue weighted by Crippen LogP contribution is -2.32. The second-order valence-electron chi connectivity index (χ2n) is 8.57. The maximum atomic E-state index is 13.0. The van der Waals surface area contributed by atoms with Gasteiger partial charge in [-0.05, 0) is 67.7 Å². The van der Waals surface area contributed by atoms with Crippen LogP contribution in [0.3, 0.4) is 0 Å². The largest absolute Gasteiger partial charge is 0.358 e. The quantitative estimate of drug-likeness (QED) is 0.506. The van der Waals surface area contributed by atoms with E-state index in [1.165, 1.54) is 34.8 Å². The Balaban J connectivity index is 1.40. The lowest BCUT2D eigenvalue weighted by atomic mass is 10.0. The van der Waals surface area contributed by atoms with Crippen LogP contribution in [0.5, 0.6) is 0 Å². The fourth-order valence-electron chi connectivity index (χ4n) is 4.75. The van der Waals surface area contributed by atoms with Gasteiger partial charge in [0.1, 0.15) is 6.07 Å². The SMILES string of the molecule is Cc1ccc(NS(=O)(=O)c2ccc(S(=O)(=O)N3CC4CNCC4C3)cc2)c2[nH]cc(C#N)c12. The summed E-state index contributed by atoms with van der Waals surface area (Å²) in [6.45, 7) is 4.45. The smallest absolute Gasteiger partial charge is 0.261 e. The van der Waals surface area contributed by atoms with Gasteiger partial charge in [0.25, 0.3) is 10.0 Å². The minimum absolute atomic E-state index is 0.0512. The van der Waals surface area contributed by atoms with Gasteiger partial charge in [-0.15, -0.1) is 0 Å². The summed E-state index contributed by atoms with van der Waals surface area (Å²) in [4.78, 5) is 2.99. The van der Waals surface area contributed by atoms with Crippen LogP contribution < -0.4 is 10.0 Å². The highest BCUT2D eigenvalue weighted by atomic mass is 32.2. The first kappa shape index (κ1) is 21.9. The second-order valence-corrected chi connectivity index (χ2v) is 12.2. The van der Waals surface area contributed by atoms with Gasteiger partial charge in [0, 0.05) is 24.7 Å². The highest BCUT2D eigenvalue weighted by Gasteiger charge is 2.41. The zero-order valence-electron chi connectivity index (χ0n) is 17.9. The summed E-state index contributed by atoms with van der Waals surface area (Å²) in [5.74, 6) is 0.647. The number of sulfonamides is 2. The van der Waals surface area contributed by atoms with Gasteiger partial charge in [-0.25, -0.2) is 16.8 Å². The molecule has 2 fully saturated rings. The topological polar surface area (TPSA) is 135 Å². The molecule has 5 rings (SSSR count). The van der Waals surface area contributed by atoms with Crippen LogP contribution in [0.4, 0.5) is 5.69 Å². The number of aryl methyl sites for hydroxylation is 1. The molecular weight excluding hydrogens is 462 g/mol. The minimum atomic E-state index is -3.98. The molecule has 1 aromatic heterocycles. The van der Waals surface area contributed by atoms with Crippen LogP contribution in [-0.2, 0) is 20.0 Å². The summed E-state index contributed by atoms with van der Waals surface area (Å²) in [5, 5.41) is 13.2. The Morgan fingerprint density at radius 2 is 1.64 bits per heavy atom. The molecule has 0 radical (unpaired) electrons. The van der Waals surface area contributed by atoms with Crippen molar-refractivity contribution in [2.45, 2.75) is 16.7 Å². The van der Waals surface area contributed by atoms with Crippen LogP contribution in [0, 0.1) is 30.1 Å². The number of fused-ring (bicyclic) bond motifs is 2. The molecule has 3 N–H and O–H groups in total. The molecule has 2 unspecified atom stereocenters. The maximum absolute atomic E-state index is 13.0. The summed E-state index contributed by atoms with van der Waals surface area (Å²) in [7, 11) is -7.66. The molecule has 3 aromatic rings. The molecule has 2 aliphatic heterocycles. The molecule has 2 aromatic carbocycles. The van der Waals surface area contributed by atoms with Gasteiger partial charge in [-0.3, -0.25) is 4.72 Å². The van der Waals surface area contributed by atoms with Gasteiger partial charge < -0.3 is 10.3 Å². The van der Waals surface area contributed by atoms with Gasteiger partial charge in [-0.1, -0.05) is 6.07 Å². The van der Waals surface area contributed by atoms with Crippen LogP contribution in [0.1, 0.15) is 11.1 Å². The zero-order chi connectivity index (χ0) is 23.4. The molecule has 0 amide bonds. The minimum Gasteiger partial charge on any atom is -0.358 e. The van der Waals surface area contributed by atoms with E-state index < -0.39 is 20.0 Å². The molecule has 2 atom stereocenters. The summed E-state index contributed by atoms with van der Waals surface area (Å²) in [6.07, 6.45) is 1.54. The van der Waals surface area contributed by atoms with Crippen molar-refractivity contribution in [1.29, 1.82) is 5.26 Å². The number of nitrogens with one attached hydrogen (secondary N) is 3. The predicted octanol–water partition coefficient (Wildman–Crippen LogP) is 1.99. The predicted molar refractivity (Wildman–Crippen MR) is 124 cm³/mol. The fraction of sp³-hybridized carbons (Fsp3) is 0.318. The number of H-pyrrole nitrogens is 1. The van der Waals surface area contributed by atoms with Crippen molar-refractivity contribution in [2.75, 3.05) is 30.9 Å². The number of nitriles is 1. The molecule has 0 bridgehead atoms. The molecule has 0 saturated carbocycles.